The maximum atomic E-state index is 6.24. The number of benzene rings is 2. The van der Waals surface area contributed by atoms with E-state index in [9.17, 15) is 0 Å². The molecule has 2 rings (SSSR count). The molecule has 4 nitrogen and oxygen atoms in total. The van der Waals surface area contributed by atoms with Gasteiger partial charge in [0.1, 0.15) is 30.6 Å². The molecule has 0 unspecified atom stereocenters. The van der Waals surface area contributed by atoms with E-state index in [1.165, 1.54) is 13.2 Å². The van der Waals surface area contributed by atoms with Gasteiger partial charge in [0.15, 0.2) is 5.75 Å². The molecular formula is C18H15Cl4NO3. The second-order valence-electron chi connectivity index (χ2n) is 4.97. The van der Waals surface area contributed by atoms with E-state index in [1.807, 2.05) is 24.3 Å². The molecule has 0 aliphatic heterocycles. The van der Waals surface area contributed by atoms with Crippen LogP contribution in [0, 0.1) is 0 Å². The van der Waals surface area contributed by atoms with Crippen LogP contribution in [-0.2, 0) is 11.4 Å². The Morgan fingerprint density at radius 3 is 2.27 bits per heavy atom. The van der Waals surface area contributed by atoms with Crippen molar-refractivity contribution >= 4 is 52.6 Å². The van der Waals surface area contributed by atoms with Gasteiger partial charge in [0.25, 0.3) is 0 Å². The van der Waals surface area contributed by atoms with Gasteiger partial charge < -0.3 is 14.3 Å². The van der Waals surface area contributed by atoms with E-state index in [-0.39, 0.29) is 11.1 Å². The summed E-state index contributed by atoms with van der Waals surface area (Å²) < 4.78 is 11.3. The van der Waals surface area contributed by atoms with E-state index < -0.39 is 0 Å². The van der Waals surface area contributed by atoms with Crippen molar-refractivity contribution in [3.8, 4) is 11.5 Å². The fourth-order valence-corrected chi connectivity index (χ4v) is 2.63. The van der Waals surface area contributed by atoms with Gasteiger partial charge in [-0.05, 0) is 17.2 Å². The third kappa shape index (κ3) is 6.61. The quantitative estimate of drug-likeness (QED) is 0.364. The molecule has 0 saturated heterocycles. The average molecular weight is 435 g/mol. The Labute approximate surface area is 171 Å². The van der Waals surface area contributed by atoms with Gasteiger partial charge in [-0.25, -0.2) is 0 Å². The number of ether oxygens (including phenoxy) is 2. The number of halogens is 4. The Balaban J connectivity index is 2.00. The van der Waals surface area contributed by atoms with Gasteiger partial charge in [-0.1, -0.05) is 75.8 Å². The van der Waals surface area contributed by atoms with Crippen molar-refractivity contribution in [1.29, 1.82) is 0 Å². The van der Waals surface area contributed by atoms with Crippen molar-refractivity contribution in [2.75, 3.05) is 13.7 Å². The van der Waals surface area contributed by atoms with Crippen LogP contribution in [-0.4, -0.2) is 19.9 Å². The molecule has 2 aromatic rings. The SMILES string of the molecule is CON=Cc1ccc(COc2c(Cl)cc(OCC=C(Cl)Cl)cc2Cl)cc1. The van der Waals surface area contributed by atoms with Gasteiger partial charge in [0.05, 0.1) is 16.3 Å². The van der Waals surface area contributed by atoms with Crippen molar-refractivity contribution in [2.24, 2.45) is 5.16 Å². The molecule has 0 radical (unpaired) electrons. The van der Waals surface area contributed by atoms with Crippen molar-refractivity contribution in [3.63, 3.8) is 0 Å². The monoisotopic (exact) mass is 433 g/mol. The highest BCUT2D eigenvalue weighted by Crippen LogP contribution is 2.37. The summed E-state index contributed by atoms with van der Waals surface area (Å²) in [6.45, 7) is 0.514. The fraction of sp³-hybridized carbons (Fsp3) is 0.167. The zero-order chi connectivity index (χ0) is 18.9. The van der Waals surface area contributed by atoms with Crippen molar-refractivity contribution in [1.82, 2.24) is 0 Å². The van der Waals surface area contributed by atoms with Gasteiger partial charge in [-0.2, -0.15) is 0 Å². The third-order valence-corrected chi connectivity index (χ3v) is 4.00. The molecule has 0 atom stereocenters. The summed E-state index contributed by atoms with van der Waals surface area (Å²) in [6, 6.07) is 10.9. The van der Waals surface area contributed by atoms with Crippen LogP contribution < -0.4 is 9.47 Å². The molecule has 0 aromatic heterocycles. The molecule has 0 aliphatic rings. The minimum atomic E-state index is 0.127. The van der Waals surface area contributed by atoms with E-state index in [0.717, 1.165) is 11.1 Å². The number of nitrogens with zero attached hydrogens (tertiary/aromatic N) is 1. The highest BCUT2D eigenvalue weighted by molar-refractivity contribution is 6.55. The molecule has 0 spiro atoms. The highest BCUT2D eigenvalue weighted by Gasteiger charge is 2.11. The van der Waals surface area contributed by atoms with E-state index >= 15 is 0 Å². The van der Waals surface area contributed by atoms with Crippen LogP contribution >= 0.6 is 46.4 Å². The topological polar surface area (TPSA) is 40.0 Å². The zero-order valence-corrected chi connectivity index (χ0v) is 16.7. The number of oxime groups is 1. The first-order chi connectivity index (χ1) is 12.5. The van der Waals surface area contributed by atoms with Gasteiger partial charge in [-0.15, -0.1) is 0 Å². The molecule has 138 valence electrons. The van der Waals surface area contributed by atoms with Crippen LogP contribution in [0.3, 0.4) is 0 Å². The van der Waals surface area contributed by atoms with Crippen molar-refractivity contribution in [2.45, 2.75) is 6.61 Å². The van der Waals surface area contributed by atoms with Gasteiger partial charge in [0.2, 0.25) is 0 Å². The maximum Gasteiger partial charge on any atom is 0.157 e. The molecule has 0 amide bonds. The first-order valence-corrected chi connectivity index (χ1v) is 8.92. The fourth-order valence-electron chi connectivity index (χ4n) is 1.93. The largest absolute Gasteiger partial charge is 0.489 e. The molecule has 0 aliphatic carbocycles. The highest BCUT2D eigenvalue weighted by atomic mass is 35.5. The third-order valence-electron chi connectivity index (χ3n) is 3.13. The Kier molecular flexibility index (Phi) is 8.39. The molecule has 0 bridgehead atoms. The number of rotatable bonds is 8. The van der Waals surface area contributed by atoms with E-state index in [2.05, 4.69) is 9.99 Å². The first-order valence-electron chi connectivity index (χ1n) is 7.41. The maximum absolute atomic E-state index is 6.24. The van der Waals surface area contributed by atoms with E-state index in [1.54, 1.807) is 18.3 Å². The molecule has 8 heteroatoms. The van der Waals surface area contributed by atoms with Crippen LogP contribution in [0.1, 0.15) is 11.1 Å². The Morgan fingerprint density at radius 2 is 1.69 bits per heavy atom. The molecule has 0 N–H and O–H groups in total. The summed E-state index contributed by atoms with van der Waals surface area (Å²) in [6.07, 6.45) is 3.13. The normalized spacial score (nSPS) is 10.7. The zero-order valence-electron chi connectivity index (χ0n) is 13.7. The lowest BCUT2D eigenvalue weighted by atomic mass is 10.1. The van der Waals surface area contributed by atoms with Gasteiger partial charge in [0, 0.05) is 12.1 Å². The van der Waals surface area contributed by atoms with Crippen molar-refractivity contribution < 1.29 is 14.3 Å². The molecular weight excluding hydrogens is 420 g/mol. The summed E-state index contributed by atoms with van der Waals surface area (Å²) in [5.41, 5.74) is 1.87. The van der Waals surface area contributed by atoms with E-state index in [0.29, 0.717) is 28.2 Å². The predicted octanol–water partition coefficient (Wildman–Crippen LogP) is 6.25. The molecule has 0 fully saturated rings. The summed E-state index contributed by atoms with van der Waals surface area (Å²) in [5.74, 6) is 0.872. The lowest BCUT2D eigenvalue weighted by Crippen LogP contribution is -1.99. The standard InChI is InChI=1S/C18H15Cl4NO3/c1-24-23-10-12-2-4-13(5-3-12)11-26-18-15(19)8-14(9-16(18)20)25-7-6-17(21)22/h2-6,8-10H,7,11H2,1H3. The summed E-state index contributed by atoms with van der Waals surface area (Å²) in [4.78, 5) is 4.64. The molecule has 0 heterocycles. The van der Waals surface area contributed by atoms with Gasteiger partial charge >= 0.3 is 0 Å². The smallest absolute Gasteiger partial charge is 0.157 e. The summed E-state index contributed by atoms with van der Waals surface area (Å²) >= 11 is 23.5. The van der Waals surface area contributed by atoms with Crippen LogP contribution in [0.4, 0.5) is 0 Å². The Hall–Kier alpha value is -1.59. The first kappa shape index (κ1) is 20.7. The average Bonchev–Trinajstić information content (AvgIpc) is 2.60. The lowest BCUT2D eigenvalue weighted by molar-refractivity contribution is 0.215. The lowest BCUT2D eigenvalue weighted by Gasteiger charge is -2.12. The van der Waals surface area contributed by atoms with Crippen molar-refractivity contribution in [3.05, 3.63) is 68.1 Å². The van der Waals surface area contributed by atoms with Crippen LogP contribution in [0.15, 0.2) is 52.1 Å². The Bertz CT molecular complexity index is 765. The molecule has 0 saturated carbocycles. The summed E-state index contributed by atoms with van der Waals surface area (Å²) in [5, 5.41) is 4.40. The minimum Gasteiger partial charge on any atom is -0.489 e. The van der Waals surface area contributed by atoms with Gasteiger partial charge in [-0.3, -0.25) is 0 Å². The predicted molar refractivity (Wildman–Crippen MR) is 107 cm³/mol. The van der Waals surface area contributed by atoms with Crippen LogP contribution in [0.5, 0.6) is 11.5 Å². The summed E-state index contributed by atoms with van der Waals surface area (Å²) in [7, 11) is 1.49. The Morgan fingerprint density at radius 1 is 1.04 bits per heavy atom. The number of hydrogen-bond donors (Lipinski definition) is 0. The molecule has 2 aromatic carbocycles. The second-order valence-corrected chi connectivity index (χ2v) is 6.79. The number of hydrogen-bond acceptors (Lipinski definition) is 4. The second kappa shape index (κ2) is 10.5. The minimum absolute atomic E-state index is 0.127. The van der Waals surface area contributed by atoms with Crippen LogP contribution in [0.2, 0.25) is 10.0 Å². The van der Waals surface area contributed by atoms with Crippen LogP contribution in [0.25, 0.3) is 0 Å². The van der Waals surface area contributed by atoms with E-state index in [4.69, 9.17) is 55.9 Å². The molecule has 26 heavy (non-hydrogen) atoms.